The van der Waals surface area contributed by atoms with Gasteiger partial charge in [0.2, 0.25) is 0 Å². The average Bonchev–Trinajstić information content (AvgIpc) is 2.41. The predicted octanol–water partition coefficient (Wildman–Crippen LogP) is 2.02. The van der Waals surface area contributed by atoms with E-state index in [1.54, 1.807) is 18.3 Å². The third-order valence-electron chi connectivity index (χ3n) is 2.83. The van der Waals surface area contributed by atoms with E-state index in [4.69, 9.17) is 22.7 Å². The highest BCUT2D eigenvalue weighted by atomic mass is 32.1. The second-order valence-electron chi connectivity index (χ2n) is 4.55. The molecule has 0 saturated heterocycles. The SMILES string of the molecule is Cc1ccc(COc2cccn(CC(N)=S)c2=O)cc1. The first-order valence-electron chi connectivity index (χ1n) is 6.22. The molecule has 5 heteroatoms. The summed E-state index contributed by atoms with van der Waals surface area (Å²) < 4.78 is 7.00. The smallest absolute Gasteiger partial charge is 0.293 e. The van der Waals surface area contributed by atoms with Gasteiger partial charge in [0.05, 0.1) is 11.5 Å². The number of rotatable bonds is 5. The van der Waals surface area contributed by atoms with Crippen molar-refractivity contribution in [1.29, 1.82) is 0 Å². The summed E-state index contributed by atoms with van der Waals surface area (Å²) in [6, 6.07) is 11.4. The molecule has 1 heterocycles. The molecule has 0 aliphatic heterocycles. The summed E-state index contributed by atoms with van der Waals surface area (Å²) in [7, 11) is 0. The average molecular weight is 288 g/mol. The highest BCUT2D eigenvalue weighted by molar-refractivity contribution is 7.80. The van der Waals surface area contributed by atoms with Crippen LogP contribution in [0, 0.1) is 6.92 Å². The van der Waals surface area contributed by atoms with Crippen LogP contribution in [0.2, 0.25) is 0 Å². The molecule has 1 aromatic carbocycles. The summed E-state index contributed by atoms with van der Waals surface area (Å²) in [4.78, 5) is 12.4. The van der Waals surface area contributed by atoms with Crippen molar-refractivity contribution in [1.82, 2.24) is 4.57 Å². The van der Waals surface area contributed by atoms with Crippen molar-refractivity contribution in [2.24, 2.45) is 5.73 Å². The van der Waals surface area contributed by atoms with Crippen LogP contribution in [0.15, 0.2) is 47.4 Å². The number of aromatic nitrogens is 1. The summed E-state index contributed by atoms with van der Waals surface area (Å²) in [5, 5.41) is 0. The number of hydrogen-bond acceptors (Lipinski definition) is 3. The number of hydrogen-bond donors (Lipinski definition) is 1. The van der Waals surface area contributed by atoms with Crippen LogP contribution in [0.1, 0.15) is 11.1 Å². The highest BCUT2D eigenvalue weighted by Crippen LogP contribution is 2.08. The molecule has 2 N–H and O–H groups in total. The second-order valence-corrected chi connectivity index (χ2v) is 5.07. The fraction of sp³-hybridized carbons (Fsp3) is 0.200. The third-order valence-corrected chi connectivity index (χ3v) is 2.96. The van der Waals surface area contributed by atoms with Gasteiger partial charge in [0, 0.05) is 6.20 Å². The monoisotopic (exact) mass is 288 g/mol. The van der Waals surface area contributed by atoms with E-state index in [2.05, 4.69) is 0 Å². The summed E-state index contributed by atoms with van der Waals surface area (Å²) in [6.45, 7) is 2.60. The maximum atomic E-state index is 12.1. The van der Waals surface area contributed by atoms with E-state index in [0.29, 0.717) is 12.4 Å². The van der Waals surface area contributed by atoms with Gasteiger partial charge in [-0.25, -0.2) is 0 Å². The number of ether oxygens (including phenoxy) is 1. The molecule has 0 spiro atoms. The fourth-order valence-corrected chi connectivity index (χ4v) is 1.90. The zero-order chi connectivity index (χ0) is 14.5. The number of nitrogens with zero attached hydrogens (tertiary/aromatic N) is 1. The molecule has 0 amide bonds. The second kappa shape index (κ2) is 6.34. The number of thiocarbonyl (C=S) groups is 1. The number of pyridine rings is 1. The Balaban J connectivity index is 2.11. The van der Waals surface area contributed by atoms with Gasteiger partial charge in [0.25, 0.3) is 5.56 Å². The molecule has 0 fully saturated rings. The Kier molecular flexibility index (Phi) is 4.53. The van der Waals surface area contributed by atoms with Crippen LogP contribution in [0.5, 0.6) is 5.75 Å². The van der Waals surface area contributed by atoms with Crippen molar-refractivity contribution >= 4 is 17.2 Å². The van der Waals surface area contributed by atoms with Gasteiger partial charge in [-0.1, -0.05) is 42.0 Å². The van der Waals surface area contributed by atoms with Crippen LogP contribution < -0.4 is 16.0 Å². The van der Waals surface area contributed by atoms with Crippen molar-refractivity contribution in [2.45, 2.75) is 20.1 Å². The molecule has 0 radical (unpaired) electrons. The third kappa shape index (κ3) is 3.68. The minimum atomic E-state index is -0.229. The van der Waals surface area contributed by atoms with E-state index >= 15 is 0 Å². The summed E-state index contributed by atoms with van der Waals surface area (Å²) >= 11 is 4.81. The van der Waals surface area contributed by atoms with E-state index < -0.39 is 0 Å². The zero-order valence-electron chi connectivity index (χ0n) is 11.2. The normalized spacial score (nSPS) is 10.2. The summed E-state index contributed by atoms with van der Waals surface area (Å²) in [6.07, 6.45) is 1.64. The Bertz CT molecular complexity index is 662. The van der Waals surface area contributed by atoms with Crippen LogP contribution in [0.4, 0.5) is 0 Å². The molecule has 20 heavy (non-hydrogen) atoms. The van der Waals surface area contributed by atoms with E-state index in [-0.39, 0.29) is 17.1 Å². The van der Waals surface area contributed by atoms with Crippen LogP contribution in [-0.2, 0) is 13.2 Å². The van der Waals surface area contributed by atoms with Crippen molar-refractivity contribution in [3.8, 4) is 5.75 Å². The van der Waals surface area contributed by atoms with Gasteiger partial charge in [-0.3, -0.25) is 4.79 Å². The predicted molar refractivity (Wildman–Crippen MR) is 83.0 cm³/mol. The molecular formula is C15H16N2O2S. The largest absolute Gasteiger partial charge is 0.483 e. The Morgan fingerprint density at radius 2 is 2.00 bits per heavy atom. The van der Waals surface area contributed by atoms with Gasteiger partial charge in [0.1, 0.15) is 6.61 Å². The lowest BCUT2D eigenvalue weighted by Crippen LogP contribution is -2.27. The Morgan fingerprint density at radius 1 is 1.30 bits per heavy atom. The molecule has 4 nitrogen and oxygen atoms in total. The fourth-order valence-electron chi connectivity index (χ4n) is 1.76. The van der Waals surface area contributed by atoms with E-state index in [9.17, 15) is 4.79 Å². The highest BCUT2D eigenvalue weighted by Gasteiger charge is 2.05. The topological polar surface area (TPSA) is 57.2 Å². The van der Waals surface area contributed by atoms with Crippen molar-refractivity contribution < 1.29 is 4.74 Å². The van der Waals surface area contributed by atoms with Gasteiger partial charge in [-0.05, 0) is 24.6 Å². The summed E-state index contributed by atoms with van der Waals surface area (Å²) in [5.41, 5.74) is 7.43. The van der Waals surface area contributed by atoms with E-state index in [1.165, 1.54) is 10.1 Å². The van der Waals surface area contributed by atoms with Crippen LogP contribution >= 0.6 is 12.2 Å². The Labute approximate surface area is 122 Å². The van der Waals surface area contributed by atoms with Crippen molar-refractivity contribution in [2.75, 3.05) is 0 Å². The lowest BCUT2D eigenvalue weighted by molar-refractivity contribution is 0.299. The van der Waals surface area contributed by atoms with Gasteiger partial charge < -0.3 is 15.0 Å². The minimum absolute atomic E-state index is 0.218. The standard InChI is InChI=1S/C15H16N2O2S/c1-11-4-6-12(7-5-11)10-19-13-3-2-8-17(15(13)18)9-14(16)20/h2-8H,9-10H2,1H3,(H2,16,20). The van der Waals surface area contributed by atoms with E-state index in [1.807, 2.05) is 31.2 Å². The molecule has 0 saturated carbocycles. The number of aryl methyl sites for hydroxylation is 1. The van der Waals surface area contributed by atoms with Gasteiger partial charge in [-0.15, -0.1) is 0 Å². The Morgan fingerprint density at radius 3 is 2.65 bits per heavy atom. The molecule has 2 rings (SSSR count). The lowest BCUT2D eigenvalue weighted by Gasteiger charge is -2.09. The first-order chi connectivity index (χ1) is 9.56. The van der Waals surface area contributed by atoms with E-state index in [0.717, 1.165) is 5.56 Å². The molecule has 2 aromatic rings. The molecule has 0 unspecified atom stereocenters. The number of benzene rings is 1. The molecule has 0 aliphatic rings. The van der Waals surface area contributed by atoms with Gasteiger partial charge in [-0.2, -0.15) is 0 Å². The van der Waals surface area contributed by atoms with Crippen molar-refractivity contribution in [3.05, 3.63) is 64.1 Å². The maximum Gasteiger partial charge on any atom is 0.293 e. The first kappa shape index (κ1) is 14.3. The molecule has 0 atom stereocenters. The lowest BCUT2D eigenvalue weighted by atomic mass is 10.2. The molecular weight excluding hydrogens is 272 g/mol. The number of nitrogens with two attached hydrogens (primary N) is 1. The van der Waals surface area contributed by atoms with Crippen LogP contribution in [0.25, 0.3) is 0 Å². The molecule has 1 aromatic heterocycles. The van der Waals surface area contributed by atoms with Crippen LogP contribution in [-0.4, -0.2) is 9.56 Å². The van der Waals surface area contributed by atoms with Crippen LogP contribution in [0.3, 0.4) is 0 Å². The zero-order valence-corrected chi connectivity index (χ0v) is 12.0. The van der Waals surface area contributed by atoms with Gasteiger partial charge in [0.15, 0.2) is 5.75 Å². The maximum absolute atomic E-state index is 12.1. The Hall–Kier alpha value is -2.14. The first-order valence-corrected chi connectivity index (χ1v) is 6.63. The summed E-state index contributed by atoms with van der Waals surface area (Å²) in [5.74, 6) is 0.296. The molecule has 0 aliphatic carbocycles. The van der Waals surface area contributed by atoms with Crippen molar-refractivity contribution in [3.63, 3.8) is 0 Å². The quantitative estimate of drug-likeness (QED) is 0.855. The molecule has 0 bridgehead atoms. The van der Waals surface area contributed by atoms with Gasteiger partial charge >= 0.3 is 0 Å². The molecule has 104 valence electrons. The minimum Gasteiger partial charge on any atom is -0.483 e.